The molecular formula is C21H24N4OS2. The first kappa shape index (κ1) is 19.1. The van der Waals surface area contributed by atoms with E-state index < -0.39 is 0 Å². The zero-order chi connectivity index (χ0) is 20.0. The predicted octanol–water partition coefficient (Wildman–Crippen LogP) is 5.51. The number of carbonyl (C=O) groups is 1. The van der Waals surface area contributed by atoms with Crippen molar-refractivity contribution in [2.75, 3.05) is 7.05 Å². The lowest BCUT2D eigenvalue weighted by Crippen LogP contribution is -2.29. The lowest BCUT2D eigenvalue weighted by atomic mass is 10.2. The molecule has 0 saturated heterocycles. The number of aryl methyl sites for hydroxylation is 1. The van der Waals surface area contributed by atoms with E-state index in [4.69, 9.17) is 4.98 Å². The van der Waals surface area contributed by atoms with Crippen molar-refractivity contribution < 1.29 is 4.79 Å². The van der Waals surface area contributed by atoms with Gasteiger partial charge in [0.25, 0.3) is 5.91 Å². The molecular weight excluding hydrogens is 388 g/mol. The van der Waals surface area contributed by atoms with Crippen molar-refractivity contribution in [3.63, 3.8) is 0 Å². The first-order valence-corrected chi connectivity index (χ1v) is 11.1. The number of amides is 1. The summed E-state index contributed by atoms with van der Waals surface area (Å²) < 4.78 is 3.18. The fraction of sp³-hybridized carbons (Fsp3) is 0.381. The molecule has 1 amide bonds. The van der Waals surface area contributed by atoms with Gasteiger partial charge in [-0.25, -0.2) is 4.98 Å². The summed E-state index contributed by atoms with van der Waals surface area (Å²) >= 11 is 3.18. The van der Waals surface area contributed by atoms with E-state index in [0.717, 1.165) is 42.6 Å². The Morgan fingerprint density at radius 3 is 2.68 bits per heavy atom. The summed E-state index contributed by atoms with van der Waals surface area (Å²) in [5, 5.41) is 6.67. The Labute approximate surface area is 172 Å². The van der Waals surface area contributed by atoms with E-state index >= 15 is 0 Å². The molecule has 0 saturated carbocycles. The second-order valence-corrected chi connectivity index (χ2v) is 9.70. The zero-order valence-electron chi connectivity index (χ0n) is 16.8. The molecule has 4 rings (SSSR count). The van der Waals surface area contributed by atoms with E-state index in [0.29, 0.717) is 5.92 Å². The van der Waals surface area contributed by atoms with Crippen LogP contribution in [0.2, 0.25) is 0 Å². The van der Waals surface area contributed by atoms with E-state index in [1.165, 1.54) is 11.3 Å². The fourth-order valence-electron chi connectivity index (χ4n) is 3.27. The Morgan fingerprint density at radius 1 is 1.21 bits per heavy atom. The first-order valence-electron chi connectivity index (χ1n) is 9.44. The maximum atomic E-state index is 13.2. The van der Waals surface area contributed by atoms with Crippen LogP contribution in [-0.2, 0) is 6.54 Å². The van der Waals surface area contributed by atoms with Gasteiger partial charge in [-0.05, 0) is 38.0 Å². The number of rotatable bonds is 5. The third kappa shape index (κ3) is 3.33. The molecule has 0 spiro atoms. The minimum Gasteiger partial charge on any atom is -0.332 e. The molecule has 0 fully saturated rings. The highest BCUT2D eigenvalue weighted by atomic mass is 32.1. The molecule has 0 bridgehead atoms. The van der Waals surface area contributed by atoms with E-state index in [1.54, 1.807) is 16.2 Å². The van der Waals surface area contributed by atoms with Crippen LogP contribution in [0.25, 0.3) is 20.4 Å². The lowest BCUT2D eigenvalue weighted by molar-refractivity contribution is 0.0747. The Bertz CT molecular complexity index is 1120. The van der Waals surface area contributed by atoms with Crippen LogP contribution in [-0.4, -0.2) is 32.6 Å². The van der Waals surface area contributed by atoms with Gasteiger partial charge in [0.05, 0.1) is 26.8 Å². The average Bonchev–Trinajstić information content (AvgIpc) is 3.35. The van der Waals surface area contributed by atoms with Crippen molar-refractivity contribution in [2.45, 2.75) is 40.3 Å². The van der Waals surface area contributed by atoms with E-state index in [1.807, 2.05) is 49.8 Å². The molecule has 7 heteroatoms. The van der Waals surface area contributed by atoms with Crippen molar-refractivity contribution in [1.29, 1.82) is 0 Å². The first-order chi connectivity index (χ1) is 13.3. The molecule has 0 N–H and O–H groups in total. The maximum absolute atomic E-state index is 13.2. The summed E-state index contributed by atoms with van der Waals surface area (Å²) in [5.74, 6) is 0.536. The number of nitrogens with zero attached hydrogens (tertiary/aromatic N) is 4. The molecule has 1 aromatic carbocycles. The van der Waals surface area contributed by atoms with Crippen molar-refractivity contribution >= 4 is 49.0 Å². The molecule has 3 heterocycles. The summed E-state index contributed by atoms with van der Waals surface area (Å²) in [7, 11) is 1.86. The lowest BCUT2D eigenvalue weighted by Gasteiger charge is -2.22. The molecule has 28 heavy (non-hydrogen) atoms. The highest BCUT2D eigenvalue weighted by molar-refractivity contribution is 7.20. The second kappa shape index (κ2) is 7.29. The largest absolute Gasteiger partial charge is 0.332 e. The highest BCUT2D eigenvalue weighted by Gasteiger charge is 2.24. The smallest absolute Gasteiger partial charge is 0.264 e. The van der Waals surface area contributed by atoms with Gasteiger partial charge in [0, 0.05) is 19.0 Å². The van der Waals surface area contributed by atoms with Crippen LogP contribution in [0.15, 0.2) is 30.3 Å². The van der Waals surface area contributed by atoms with Gasteiger partial charge in [0.2, 0.25) is 0 Å². The number of thiazole rings is 1. The number of carbonyl (C=O) groups excluding carboxylic acids is 1. The van der Waals surface area contributed by atoms with Gasteiger partial charge in [0.15, 0.2) is 0 Å². The van der Waals surface area contributed by atoms with Crippen LogP contribution in [0, 0.1) is 12.8 Å². The topological polar surface area (TPSA) is 51.0 Å². The van der Waals surface area contributed by atoms with Crippen LogP contribution < -0.4 is 0 Å². The summed E-state index contributed by atoms with van der Waals surface area (Å²) in [6.45, 7) is 9.25. The average molecular weight is 413 g/mol. The number of para-hydroxylation sites is 1. The monoisotopic (exact) mass is 412 g/mol. The number of aromatic nitrogens is 3. The Hall–Kier alpha value is -2.25. The minimum absolute atomic E-state index is 0.0310. The fourth-order valence-corrected chi connectivity index (χ4v) is 5.49. The standard InChI is InChI=1S/C21H24N4OS2/c1-12(2)11-25-21-15(13(3)23-25)10-18(28-21)20(26)24(5)14(4)19-22-16-8-6-7-9-17(16)27-19/h6-10,12,14H,11H2,1-5H3/t14-/m1/s1. The van der Waals surface area contributed by atoms with Crippen molar-refractivity contribution in [3.8, 4) is 0 Å². The Balaban J connectivity index is 1.62. The molecule has 146 valence electrons. The Morgan fingerprint density at radius 2 is 1.96 bits per heavy atom. The molecule has 0 unspecified atom stereocenters. The molecule has 4 aromatic rings. The predicted molar refractivity (Wildman–Crippen MR) is 117 cm³/mol. The third-order valence-electron chi connectivity index (χ3n) is 4.93. The SMILES string of the molecule is Cc1nn(CC(C)C)c2sc(C(=O)N(C)[C@H](C)c3nc4ccccc4s3)cc12. The second-order valence-electron chi connectivity index (χ2n) is 7.60. The van der Waals surface area contributed by atoms with Crippen LogP contribution in [0.1, 0.15) is 47.2 Å². The van der Waals surface area contributed by atoms with Gasteiger partial charge in [-0.2, -0.15) is 5.10 Å². The molecule has 1 atom stereocenters. The quantitative estimate of drug-likeness (QED) is 0.434. The number of benzene rings is 1. The minimum atomic E-state index is -0.0802. The molecule has 0 radical (unpaired) electrons. The number of fused-ring (bicyclic) bond motifs is 2. The Kier molecular flexibility index (Phi) is 4.97. The zero-order valence-corrected chi connectivity index (χ0v) is 18.4. The normalized spacial score (nSPS) is 12.9. The van der Waals surface area contributed by atoms with Crippen LogP contribution in [0.5, 0.6) is 0 Å². The maximum Gasteiger partial charge on any atom is 0.264 e. The number of thiophene rings is 1. The molecule has 0 aliphatic heterocycles. The van der Waals surface area contributed by atoms with E-state index in [2.05, 4.69) is 25.0 Å². The van der Waals surface area contributed by atoms with Gasteiger partial charge >= 0.3 is 0 Å². The third-order valence-corrected chi connectivity index (χ3v) is 7.27. The van der Waals surface area contributed by atoms with Gasteiger partial charge in [-0.1, -0.05) is 26.0 Å². The van der Waals surface area contributed by atoms with Gasteiger partial charge in [0.1, 0.15) is 9.84 Å². The van der Waals surface area contributed by atoms with Crippen LogP contribution in [0.3, 0.4) is 0 Å². The molecule has 0 aliphatic carbocycles. The van der Waals surface area contributed by atoms with Gasteiger partial charge in [-0.3, -0.25) is 9.48 Å². The van der Waals surface area contributed by atoms with Gasteiger partial charge < -0.3 is 4.90 Å². The molecule has 0 aliphatic rings. The van der Waals surface area contributed by atoms with Crippen LogP contribution >= 0.6 is 22.7 Å². The molecule has 5 nitrogen and oxygen atoms in total. The number of hydrogen-bond acceptors (Lipinski definition) is 5. The summed E-state index contributed by atoms with van der Waals surface area (Å²) in [5.41, 5.74) is 1.97. The van der Waals surface area contributed by atoms with Gasteiger partial charge in [-0.15, -0.1) is 22.7 Å². The van der Waals surface area contributed by atoms with E-state index in [9.17, 15) is 4.79 Å². The van der Waals surface area contributed by atoms with E-state index in [-0.39, 0.29) is 11.9 Å². The van der Waals surface area contributed by atoms with Crippen molar-refractivity contribution in [3.05, 3.63) is 45.9 Å². The van der Waals surface area contributed by atoms with Crippen molar-refractivity contribution in [2.24, 2.45) is 5.92 Å². The van der Waals surface area contributed by atoms with Crippen molar-refractivity contribution in [1.82, 2.24) is 19.7 Å². The molecule has 3 aromatic heterocycles. The summed E-state index contributed by atoms with van der Waals surface area (Å²) in [6.07, 6.45) is 0. The highest BCUT2D eigenvalue weighted by Crippen LogP contribution is 2.33. The summed E-state index contributed by atoms with van der Waals surface area (Å²) in [4.78, 5) is 21.5. The summed E-state index contributed by atoms with van der Waals surface area (Å²) in [6, 6.07) is 10.0. The number of hydrogen-bond donors (Lipinski definition) is 0. The van der Waals surface area contributed by atoms with Crippen LogP contribution in [0.4, 0.5) is 0 Å².